The van der Waals surface area contributed by atoms with Crippen molar-refractivity contribution in [3.05, 3.63) is 22.4 Å². The monoisotopic (exact) mass is 326 g/mol. The highest BCUT2D eigenvalue weighted by molar-refractivity contribution is 7.08. The van der Waals surface area contributed by atoms with E-state index in [-0.39, 0.29) is 6.04 Å². The van der Waals surface area contributed by atoms with E-state index in [0.717, 1.165) is 5.56 Å². The lowest BCUT2D eigenvalue weighted by atomic mass is 10.1. The van der Waals surface area contributed by atoms with Crippen LogP contribution in [0, 0.1) is 0 Å². The van der Waals surface area contributed by atoms with Crippen molar-refractivity contribution >= 4 is 23.4 Å². The average molecular weight is 326 g/mol. The van der Waals surface area contributed by atoms with E-state index in [1.165, 1.54) is 11.3 Å². The predicted octanol–water partition coefficient (Wildman–Crippen LogP) is 2.47. The highest BCUT2D eigenvalue weighted by atomic mass is 32.1. The molecule has 122 valence electrons. The molecule has 0 bridgehead atoms. The second-order valence-electron chi connectivity index (χ2n) is 6.42. The molecule has 1 fully saturated rings. The lowest BCUT2D eigenvalue weighted by Gasteiger charge is -2.24. The number of nitrogens with one attached hydrogen (secondary N) is 1. The number of carbonyl (C=O) groups excluding carboxylic acids is 1. The fourth-order valence-electron chi connectivity index (χ4n) is 2.55. The zero-order valence-corrected chi connectivity index (χ0v) is 13.9. The van der Waals surface area contributed by atoms with Crippen molar-refractivity contribution in [1.29, 1.82) is 0 Å². The van der Waals surface area contributed by atoms with Gasteiger partial charge in [0.2, 0.25) is 0 Å². The molecule has 2 heterocycles. The van der Waals surface area contributed by atoms with Gasteiger partial charge in [-0.3, -0.25) is 9.69 Å². The normalized spacial score (nSPS) is 20.6. The zero-order chi connectivity index (χ0) is 16.3. The van der Waals surface area contributed by atoms with Crippen LogP contribution in [0.3, 0.4) is 0 Å². The summed E-state index contributed by atoms with van der Waals surface area (Å²) >= 11 is 1.48. The molecule has 2 atom stereocenters. The number of nitrogens with zero attached hydrogens (tertiary/aromatic N) is 1. The van der Waals surface area contributed by atoms with Crippen molar-refractivity contribution in [3.8, 4) is 0 Å². The summed E-state index contributed by atoms with van der Waals surface area (Å²) in [5.74, 6) is -0.865. The number of hydrogen-bond donors (Lipinski definition) is 2. The molecule has 1 aromatic rings. The number of aliphatic carboxylic acids is 1. The summed E-state index contributed by atoms with van der Waals surface area (Å²) in [6, 6.07) is 1.09. The Bertz CT molecular complexity index is 524. The van der Waals surface area contributed by atoms with E-state index < -0.39 is 23.7 Å². The molecular formula is C15H22N2O4S. The van der Waals surface area contributed by atoms with Crippen molar-refractivity contribution in [3.63, 3.8) is 0 Å². The van der Waals surface area contributed by atoms with E-state index in [4.69, 9.17) is 4.74 Å². The zero-order valence-electron chi connectivity index (χ0n) is 13.0. The number of ether oxygens (including phenoxy) is 1. The van der Waals surface area contributed by atoms with Crippen LogP contribution in [0.4, 0.5) is 4.79 Å². The van der Waals surface area contributed by atoms with Gasteiger partial charge in [0.1, 0.15) is 11.6 Å². The number of hydrogen-bond acceptors (Lipinski definition) is 5. The predicted molar refractivity (Wildman–Crippen MR) is 84.0 cm³/mol. The van der Waals surface area contributed by atoms with Crippen molar-refractivity contribution in [2.75, 3.05) is 13.1 Å². The summed E-state index contributed by atoms with van der Waals surface area (Å²) in [6.45, 7) is 6.57. The first-order chi connectivity index (χ1) is 10.3. The van der Waals surface area contributed by atoms with Gasteiger partial charge in [-0.15, -0.1) is 0 Å². The summed E-state index contributed by atoms with van der Waals surface area (Å²) in [5, 5.41) is 16.0. The van der Waals surface area contributed by atoms with Gasteiger partial charge in [-0.05, 0) is 49.6 Å². The van der Waals surface area contributed by atoms with Gasteiger partial charge in [0.05, 0.1) is 0 Å². The molecule has 0 aliphatic carbocycles. The first kappa shape index (κ1) is 16.8. The van der Waals surface area contributed by atoms with Gasteiger partial charge < -0.3 is 15.2 Å². The topological polar surface area (TPSA) is 78.9 Å². The smallest absolute Gasteiger partial charge is 0.407 e. The Morgan fingerprint density at radius 1 is 1.50 bits per heavy atom. The number of amides is 1. The molecule has 1 aliphatic heterocycles. The first-order valence-corrected chi connectivity index (χ1v) is 8.19. The minimum atomic E-state index is -0.865. The van der Waals surface area contributed by atoms with Crippen LogP contribution in [-0.2, 0) is 9.53 Å². The maximum absolute atomic E-state index is 11.8. The molecule has 2 rings (SSSR count). The largest absolute Gasteiger partial charge is 0.480 e. The number of rotatable bonds is 4. The standard InChI is InChI=1S/C15H22N2O4S/c1-15(2,3)21-14(20)16-11-4-6-17(8-11)12(13(18)19)10-5-7-22-9-10/h5,7,9,11-12H,4,6,8H2,1-3H3,(H,16,20)(H,18,19). The van der Waals surface area contributed by atoms with Gasteiger partial charge >= 0.3 is 12.1 Å². The molecule has 7 heteroatoms. The third-order valence-electron chi connectivity index (χ3n) is 3.40. The number of likely N-dealkylation sites (tertiary alicyclic amines) is 1. The highest BCUT2D eigenvalue weighted by Crippen LogP contribution is 2.27. The maximum atomic E-state index is 11.8. The number of alkyl carbamates (subject to hydrolysis) is 1. The van der Waals surface area contributed by atoms with Crippen LogP contribution in [0.5, 0.6) is 0 Å². The third-order valence-corrected chi connectivity index (χ3v) is 4.10. The molecule has 0 saturated carbocycles. The van der Waals surface area contributed by atoms with Gasteiger partial charge in [-0.1, -0.05) is 0 Å². The summed E-state index contributed by atoms with van der Waals surface area (Å²) < 4.78 is 5.23. The van der Waals surface area contributed by atoms with Crippen LogP contribution >= 0.6 is 11.3 Å². The van der Waals surface area contributed by atoms with Crippen molar-refractivity contribution in [2.45, 2.75) is 44.9 Å². The quantitative estimate of drug-likeness (QED) is 0.888. The lowest BCUT2D eigenvalue weighted by Crippen LogP contribution is -2.41. The number of carbonyl (C=O) groups is 2. The van der Waals surface area contributed by atoms with Crippen molar-refractivity contribution in [2.24, 2.45) is 0 Å². The highest BCUT2D eigenvalue weighted by Gasteiger charge is 2.34. The molecule has 22 heavy (non-hydrogen) atoms. The third kappa shape index (κ3) is 4.45. The molecule has 1 amide bonds. The van der Waals surface area contributed by atoms with Gasteiger partial charge in [0, 0.05) is 19.1 Å². The molecule has 1 aliphatic rings. The van der Waals surface area contributed by atoms with E-state index in [1.54, 1.807) is 0 Å². The van der Waals surface area contributed by atoms with E-state index in [9.17, 15) is 14.7 Å². The van der Waals surface area contributed by atoms with E-state index in [0.29, 0.717) is 19.5 Å². The van der Waals surface area contributed by atoms with Crippen LogP contribution in [0.15, 0.2) is 16.8 Å². The molecular weight excluding hydrogens is 304 g/mol. The fraction of sp³-hybridized carbons (Fsp3) is 0.600. The van der Waals surface area contributed by atoms with Crippen LogP contribution in [0.1, 0.15) is 38.8 Å². The Hall–Kier alpha value is -1.60. The van der Waals surface area contributed by atoms with Gasteiger partial charge in [-0.25, -0.2) is 4.79 Å². The molecule has 0 spiro atoms. The van der Waals surface area contributed by atoms with Crippen LogP contribution in [0.2, 0.25) is 0 Å². The van der Waals surface area contributed by atoms with E-state index in [1.807, 2.05) is 42.5 Å². The number of carboxylic acids is 1. The molecule has 6 nitrogen and oxygen atoms in total. The minimum absolute atomic E-state index is 0.0877. The molecule has 2 N–H and O–H groups in total. The molecule has 1 aromatic heterocycles. The summed E-state index contributed by atoms with van der Waals surface area (Å²) in [7, 11) is 0. The average Bonchev–Trinajstić information content (AvgIpc) is 2.99. The molecule has 0 aromatic carbocycles. The maximum Gasteiger partial charge on any atom is 0.407 e. The minimum Gasteiger partial charge on any atom is -0.480 e. The lowest BCUT2D eigenvalue weighted by molar-refractivity contribution is -0.143. The van der Waals surface area contributed by atoms with Crippen LogP contribution in [-0.4, -0.2) is 46.8 Å². The Kier molecular flexibility index (Phi) is 5.08. The molecule has 0 radical (unpaired) electrons. The Labute approximate surface area is 134 Å². The molecule has 1 saturated heterocycles. The Balaban J connectivity index is 1.94. The fourth-order valence-corrected chi connectivity index (χ4v) is 3.23. The van der Waals surface area contributed by atoms with Gasteiger partial charge in [-0.2, -0.15) is 11.3 Å². The second-order valence-corrected chi connectivity index (χ2v) is 7.20. The van der Waals surface area contributed by atoms with Gasteiger partial charge in [0.25, 0.3) is 0 Å². The van der Waals surface area contributed by atoms with E-state index in [2.05, 4.69) is 5.32 Å². The SMILES string of the molecule is CC(C)(C)OC(=O)NC1CCN(C(C(=O)O)c2ccsc2)C1. The summed E-state index contributed by atoms with van der Waals surface area (Å²) in [5.41, 5.74) is 0.248. The van der Waals surface area contributed by atoms with E-state index >= 15 is 0 Å². The number of carboxylic acid groups (broad SMARTS) is 1. The van der Waals surface area contributed by atoms with Crippen LogP contribution < -0.4 is 5.32 Å². The van der Waals surface area contributed by atoms with Crippen LogP contribution in [0.25, 0.3) is 0 Å². The second kappa shape index (κ2) is 6.66. The van der Waals surface area contributed by atoms with Crippen molar-refractivity contribution < 1.29 is 19.4 Å². The van der Waals surface area contributed by atoms with Gasteiger partial charge in [0.15, 0.2) is 0 Å². The molecule has 2 unspecified atom stereocenters. The Morgan fingerprint density at radius 2 is 2.23 bits per heavy atom. The summed E-state index contributed by atoms with van der Waals surface area (Å²) in [4.78, 5) is 25.2. The Morgan fingerprint density at radius 3 is 2.77 bits per heavy atom. The summed E-state index contributed by atoms with van der Waals surface area (Å²) in [6.07, 6.45) is 0.259. The number of thiophene rings is 1. The first-order valence-electron chi connectivity index (χ1n) is 7.25. The van der Waals surface area contributed by atoms with Crippen molar-refractivity contribution in [1.82, 2.24) is 10.2 Å².